The molecule has 0 saturated heterocycles. The van der Waals surface area contributed by atoms with Gasteiger partial charge >= 0.3 is 5.69 Å². The molecule has 104 valence electrons. The molecule has 2 rings (SSSR count). The molecule has 1 aromatic heterocycles. The topological polar surface area (TPSA) is 81.0 Å². The molecule has 1 N–H and O–H groups in total. The fourth-order valence-corrected chi connectivity index (χ4v) is 2.01. The van der Waals surface area contributed by atoms with E-state index < -0.39 is 4.92 Å². The first-order chi connectivity index (χ1) is 9.63. The van der Waals surface area contributed by atoms with Crippen LogP contribution in [0.25, 0.3) is 11.3 Å². The van der Waals surface area contributed by atoms with Crippen LogP contribution in [0.15, 0.2) is 35.1 Å². The minimum atomic E-state index is -0.449. The first-order valence-electron chi connectivity index (χ1n) is 6.12. The number of hydrogen-bond acceptors (Lipinski definition) is 5. The van der Waals surface area contributed by atoms with E-state index in [9.17, 15) is 10.1 Å². The number of halogens is 1. The maximum Gasteiger partial charge on any atom is 0.337 e. The predicted molar refractivity (Wildman–Crippen MR) is 80.6 cm³/mol. The molecule has 0 aliphatic heterocycles. The van der Waals surface area contributed by atoms with Crippen LogP contribution in [0.1, 0.15) is 13.3 Å². The Morgan fingerprint density at radius 3 is 2.60 bits per heavy atom. The fraction of sp³-hybridized carbons (Fsp3) is 0.231. The van der Waals surface area contributed by atoms with Crippen LogP contribution in [-0.4, -0.2) is 21.4 Å². The van der Waals surface area contributed by atoms with Gasteiger partial charge in [-0.3, -0.25) is 10.1 Å². The first-order valence-corrected chi connectivity index (χ1v) is 6.92. The summed E-state index contributed by atoms with van der Waals surface area (Å²) in [7, 11) is 0. The largest absolute Gasteiger partial charge is 0.364 e. The van der Waals surface area contributed by atoms with Crippen molar-refractivity contribution in [3.63, 3.8) is 0 Å². The monoisotopic (exact) mass is 336 g/mol. The second-order valence-electron chi connectivity index (χ2n) is 4.11. The molecule has 0 saturated carbocycles. The highest BCUT2D eigenvalue weighted by molar-refractivity contribution is 9.10. The maximum absolute atomic E-state index is 11.3. The molecule has 0 fully saturated rings. The molecule has 6 nitrogen and oxygen atoms in total. The molecule has 0 radical (unpaired) electrons. The van der Waals surface area contributed by atoms with Gasteiger partial charge in [-0.2, -0.15) is 0 Å². The Morgan fingerprint density at radius 1 is 1.30 bits per heavy atom. The van der Waals surface area contributed by atoms with Gasteiger partial charge in [0.05, 0.1) is 4.92 Å². The van der Waals surface area contributed by atoms with Gasteiger partial charge in [0.1, 0.15) is 6.33 Å². The minimum Gasteiger partial charge on any atom is -0.364 e. The molecular formula is C13H13BrN4O2. The van der Waals surface area contributed by atoms with Crippen LogP contribution < -0.4 is 5.32 Å². The summed E-state index contributed by atoms with van der Waals surface area (Å²) in [5.74, 6) is 0.254. The Balaban J connectivity index is 2.51. The van der Waals surface area contributed by atoms with Crippen molar-refractivity contribution in [3.8, 4) is 11.3 Å². The van der Waals surface area contributed by atoms with Crippen LogP contribution in [0.4, 0.5) is 11.5 Å². The Bertz CT molecular complexity index is 616. The van der Waals surface area contributed by atoms with Crippen LogP contribution in [0.5, 0.6) is 0 Å². The lowest BCUT2D eigenvalue weighted by Crippen LogP contribution is -2.07. The second kappa shape index (κ2) is 6.42. The lowest BCUT2D eigenvalue weighted by molar-refractivity contribution is -0.383. The smallest absolute Gasteiger partial charge is 0.337 e. The highest BCUT2D eigenvalue weighted by Gasteiger charge is 2.23. The zero-order chi connectivity index (χ0) is 14.5. The quantitative estimate of drug-likeness (QED) is 0.665. The molecule has 0 bridgehead atoms. The molecule has 0 aliphatic carbocycles. The van der Waals surface area contributed by atoms with E-state index in [0.29, 0.717) is 17.8 Å². The standard InChI is InChI=1S/C13H13BrN4O2/c1-2-7-15-13-12(18(19)20)11(16-8-17-13)9-3-5-10(14)6-4-9/h3-6,8H,2,7H2,1H3,(H,15,16,17). The number of nitro groups is 1. The molecule has 0 aliphatic rings. The molecule has 20 heavy (non-hydrogen) atoms. The average Bonchev–Trinajstić information content (AvgIpc) is 2.45. The van der Waals surface area contributed by atoms with Crippen molar-refractivity contribution in [1.29, 1.82) is 0 Å². The lowest BCUT2D eigenvalue weighted by Gasteiger charge is -2.07. The summed E-state index contributed by atoms with van der Waals surface area (Å²) in [6.45, 7) is 2.60. The van der Waals surface area contributed by atoms with E-state index >= 15 is 0 Å². The van der Waals surface area contributed by atoms with Crippen LogP contribution in [0.3, 0.4) is 0 Å². The average molecular weight is 337 g/mol. The van der Waals surface area contributed by atoms with Crippen molar-refractivity contribution in [1.82, 2.24) is 9.97 Å². The lowest BCUT2D eigenvalue weighted by atomic mass is 10.1. The molecule has 0 atom stereocenters. The van der Waals surface area contributed by atoms with Crippen molar-refractivity contribution in [2.24, 2.45) is 0 Å². The van der Waals surface area contributed by atoms with Crippen molar-refractivity contribution in [2.75, 3.05) is 11.9 Å². The van der Waals surface area contributed by atoms with Gasteiger partial charge in [-0.1, -0.05) is 35.0 Å². The summed E-state index contributed by atoms with van der Waals surface area (Å²) in [4.78, 5) is 18.9. The van der Waals surface area contributed by atoms with E-state index in [1.807, 2.05) is 19.1 Å². The first kappa shape index (κ1) is 14.4. The molecule has 7 heteroatoms. The number of benzene rings is 1. The SMILES string of the molecule is CCCNc1ncnc(-c2ccc(Br)cc2)c1[N+](=O)[O-]. The number of hydrogen-bond donors (Lipinski definition) is 1. The van der Waals surface area contributed by atoms with E-state index in [1.54, 1.807) is 12.1 Å². The third-order valence-electron chi connectivity index (χ3n) is 2.66. The maximum atomic E-state index is 11.3. The van der Waals surface area contributed by atoms with Crippen LogP contribution in [0.2, 0.25) is 0 Å². The molecule has 0 spiro atoms. The summed E-state index contributed by atoms with van der Waals surface area (Å²) in [6.07, 6.45) is 2.19. The summed E-state index contributed by atoms with van der Waals surface area (Å²) < 4.78 is 0.905. The van der Waals surface area contributed by atoms with Crippen LogP contribution in [0, 0.1) is 10.1 Å². The summed E-state index contributed by atoms with van der Waals surface area (Å²) in [5, 5.41) is 14.3. The van der Waals surface area contributed by atoms with E-state index in [-0.39, 0.29) is 11.5 Å². The Morgan fingerprint density at radius 2 is 2.00 bits per heavy atom. The Labute approximate surface area is 124 Å². The number of aromatic nitrogens is 2. The van der Waals surface area contributed by atoms with E-state index in [4.69, 9.17) is 0 Å². The van der Waals surface area contributed by atoms with Gasteiger partial charge in [0.15, 0.2) is 5.69 Å². The molecule has 1 aromatic carbocycles. The minimum absolute atomic E-state index is 0.0942. The fourth-order valence-electron chi connectivity index (χ4n) is 1.74. The number of anilines is 1. The number of rotatable bonds is 5. The van der Waals surface area contributed by atoms with Gasteiger partial charge in [-0.25, -0.2) is 9.97 Å². The molecule has 0 amide bonds. The second-order valence-corrected chi connectivity index (χ2v) is 5.03. The molecular weight excluding hydrogens is 324 g/mol. The third kappa shape index (κ3) is 3.11. The van der Waals surface area contributed by atoms with E-state index in [0.717, 1.165) is 10.9 Å². The van der Waals surface area contributed by atoms with Crippen LogP contribution in [-0.2, 0) is 0 Å². The summed E-state index contributed by atoms with van der Waals surface area (Å²) in [5.41, 5.74) is 0.904. The zero-order valence-electron chi connectivity index (χ0n) is 10.8. The van der Waals surface area contributed by atoms with Crippen molar-refractivity contribution in [2.45, 2.75) is 13.3 Å². The molecule has 1 heterocycles. The van der Waals surface area contributed by atoms with Crippen molar-refractivity contribution >= 4 is 27.4 Å². The van der Waals surface area contributed by atoms with Gasteiger partial charge in [0.25, 0.3) is 0 Å². The van der Waals surface area contributed by atoms with Crippen molar-refractivity contribution in [3.05, 3.63) is 45.2 Å². The highest BCUT2D eigenvalue weighted by Crippen LogP contribution is 2.33. The number of nitrogens with zero attached hydrogens (tertiary/aromatic N) is 3. The van der Waals surface area contributed by atoms with Gasteiger partial charge in [0.2, 0.25) is 5.82 Å². The van der Waals surface area contributed by atoms with Gasteiger partial charge in [-0.15, -0.1) is 0 Å². The van der Waals surface area contributed by atoms with Gasteiger partial charge in [-0.05, 0) is 18.6 Å². The van der Waals surface area contributed by atoms with E-state index in [1.165, 1.54) is 6.33 Å². The number of nitrogens with one attached hydrogen (secondary N) is 1. The van der Waals surface area contributed by atoms with Crippen LogP contribution >= 0.6 is 15.9 Å². The zero-order valence-corrected chi connectivity index (χ0v) is 12.4. The van der Waals surface area contributed by atoms with Gasteiger partial charge < -0.3 is 5.32 Å². The summed E-state index contributed by atoms with van der Waals surface area (Å²) >= 11 is 3.34. The summed E-state index contributed by atoms with van der Waals surface area (Å²) in [6, 6.07) is 7.20. The highest BCUT2D eigenvalue weighted by atomic mass is 79.9. The molecule has 2 aromatic rings. The normalized spacial score (nSPS) is 10.3. The molecule has 0 unspecified atom stereocenters. The predicted octanol–water partition coefficient (Wildman–Crippen LogP) is 3.64. The Kier molecular flexibility index (Phi) is 4.62. The van der Waals surface area contributed by atoms with Crippen molar-refractivity contribution < 1.29 is 4.92 Å². The van der Waals surface area contributed by atoms with E-state index in [2.05, 4.69) is 31.2 Å². The Hall–Kier alpha value is -2.02. The van der Waals surface area contributed by atoms with Gasteiger partial charge in [0, 0.05) is 16.6 Å². The third-order valence-corrected chi connectivity index (χ3v) is 3.19.